The molecule has 0 radical (unpaired) electrons. The van der Waals surface area contributed by atoms with E-state index >= 15 is 0 Å². The first-order valence-corrected chi connectivity index (χ1v) is 6.40. The monoisotopic (exact) mass is 270 g/mol. The van der Waals surface area contributed by atoms with E-state index in [4.69, 9.17) is 4.74 Å². The minimum Gasteiger partial charge on any atom is -0.497 e. The van der Waals surface area contributed by atoms with Gasteiger partial charge in [0.1, 0.15) is 5.76 Å². The van der Waals surface area contributed by atoms with E-state index in [0.717, 1.165) is 22.3 Å². The lowest BCUT2D eigenvalue weighted by atomic mass is 10.0. The smallest absolute Gasteiger partial charge is 0.259 e. The summed E-state index contributed by atoms with van der Waals surface area (Å²) >= 11 is 0. The Morgan fingerprint density at radius 3 is 2.80 bits per heavy atom. The van der Waals surface area contributed by atoms with E-state index in [2.05, 4.69) is 4.98 Å². The second kappa shape index (κ2) is 5.74. The van der Waals surface area contributed by atoms with Gasteiger partial charge in [-0.1, -0.05) is 0 Å². The maximum Gasteiger partial charge on any atom is 0.259 e. The number of hydrogen-bond donors (Lipinski definition) is 0. The van der Waals surface area contributed by atoms with Gasteiger partial charge in [0.2, 0.25) is 0 Å². The molecular weight excluding hydrogens is 252 g/mol. The van der Waals surface area contributed by atoms with Crippen molar-refractivity contribution in [3.05, 3.63) is 58.5 Å². The van der Waals surface area contributed by atoms with Crippen molar-refractivity contribution in [1.29, 1.82) is 0 Å². The highest BCUT2D eigenvalue weighted by atomic mass is 16.5. The standard InChI is InChI=1S/C16H18N2O2/c1-5-12(20-4)8-11(2)15-10-18(3)16(19)14-9-17-7-6-13(14)15/h5-10H,1-4H3/b11-8+,12-5-. The zero-order valence-corrected chi connectivity index (χ0v) is 12.2. The first kappa shape index (κ1) is 14.1. The quantitative estimate of drug-likeness (QED) is 0.636. The van der Waals surface area contributed by atoms with Crippen molar-refractivity contribution in [1.82, 2.24) is 9.55 Å². The molecule has 0 saturated heterocycles. The molecule has 2 rings (SSSR count). The normalized spacial score (nSPS) is 12.8. The molecule has 20 heavy (non-hydrogen) atoms. The molecule has 0 saturated carbocycles. The highest BCUT2D eigenvalue weighted by molar-refractivity contribution is 5.92. The number of aryl methyl sites for hydroxylation is 1. The van der Waals surface area contributed by atoms with E-state index in [9.17, 15) is 4.79 Å². The minimum absolute atomic E-state index is 0.0392. The van der Waals surface area contributed by atoms with Crippen LogP contribution < -0.4 is 5.56 Å². The number of nitrogens with zero attached hydrogens (tertiary/aromatic N) is 2. The SMILES string of the molecule is C/C=C(/C=C(\C)c1cn(C)c(=O)c2cnccc12)OC. The van der Waals surface area contributed by atoms with E-state index < -0.39 is 0 Å². The summed E-state index contributed by atoms with van der Waals surface area (Å²) in [4.78, 5) is 16.1. The molecule has 0 atom stereocenters. The Balaban J connectivity index is 2.72. The lowest BCUT2D eigenvalue weighted by Gasteiger charge is -2.10. The molecule has 0 fully saturated rings. The van der Waals surface area contributed by atoms with Gasteiger partial charge in [-0.3, -0.25) is 9.78 Å². The summed E-state index contributed by atoms with van der Waals surface area (Å²) in [5.74, 6) is 0.790. The number of hydrogen-bond acceptors (Lipinski definition) is 3. The van der Waals surface area contributed by atoms with Crippen molar-refractivity contribution >= 4 is 16.3 Å². The van der Waals surface area contributed by atoms with Crippen LogP contribution in [-0.2, 0) is 11.8 Å². The molecule has 0 aliphatic rings. The van der Waals surface area contributed by atoms with Gasteiger partial charge >= 0.3 is 0 Å². The van der Waals surface area contributed by atoms with Crippen LogP contribution in [0.1, 0.15) is 19.4 Å². The first-order valence-electron chi connectivity index (χ1n) is 6.40. The van der Waals surface area contributed by atoms with Crippen LogP contribution in [0.4, 0.5) is 0 Å². The van der Waals surface area contributed by atoms with Gasteiger partial charge in [0.25, 0.3) is 5.56 Å². The van der Waals surface area contributed by atoms with E-state index in [0.29, 0.717) is 5.39 Å². The number of rotatable bonds is 3. The van der Waals surface area contributed by atoms with Gasteiger partial charge in [-0.25, -0.2) is 0 Å². The summed E-state index contributed by atoms with van der Waals surface area (Å²) in [6.45, 7) is 3.92. The topological polar surface area (TPSA) is 44.1 Å². The summed E-state index contributed by atoms with van der Waals surface area (Å²) in [7, 11) is 3.39. The maximum atomic E-state index is 12.1. The number of fused-ring (bicyclic) bond motifs is 1. The third kappa shape index (κ3) is 2.50. The molecule has 0 amide bonds. The molecule has 0 bridgehead atoms. The van der Waals surface area contributed by atoms with E-state index in [1.807, 2.05) is 38.3 Å². The number of ether oxygens (including phenoxy) is 1. The van der Waals surface area contributed by atoms with Crippen LogP contribution in [0, 0.1) is 0 Å². The Bertz CT molecular complexity index is 755. The Kier molecular flexibility index (Phi) is 4.03. The zero-order chi connectivity index (χ0) is 14.7. The van der Waals surface area contributed by atoms with Gasteiger partial charge in [-0.05, 0) is 43.0 Å². The summed E-state index contributed by atoms with van der Waals surface area (Å²) < 4.78 is 6.84. The van der Waals surface area contributed by atoms with Gasteiger partial charge in [-0.2, -0.15) is 0 Å². The Morgan fingerprint density at radius 1 is 1.40 bits per heavy atom. The van der Waals surface area contributed by atoms with Crippen molar-refractivity contribution in [3.63, 3.8) is 0 Å². The number of pyridine rings is 2. The lowest BCUT2D eigenvalue weighted by Crippen LogP contribution is -2.17. The molecule has 0 aliphatic heterocycles. The minimum atomic E-state index is -0.0392. The fourth-order valence-corrected chi connectivity index (χ4v) is 2.18. The molecule has 2 aromatic heterocycles. The highest BCUT2D eigenvalue weighted by Crippen LogP contribution is 2.23. The number of allylic oxidation sites excluding steroid dienone is 3. The summed E-state index contributed by atoms with van der Waals surface area (Å²) in [5.41, 5.74) is 2.00. The predicted octanol–water partition coefficient (Wildman–Crippen LogP) is 2.89. The molecule has 0 unspecified atom stereocenters. The summed E-state index contributed by atoms with van der Waals surface area (Å²) in [6.07, 6.45) is 9.01. The van der Waals surface area contributed by atoms with Crippen molar-refractivity contribution in [2.24, 2.45) is 7.05 Å². The van der Waals surface area contributed by atoms with Gasteiger partial charge < -0.3 is 9.30 Å². The predicted molar refractivity (Wildman–Crippen MR) is 81.4 cm³/mol. The van der Waals surface area contributed by atoms with Crippen molar-refractivity contribution in [2.45, 2.75) is 13.8 Å². The summed E-state index contributed by atoms with van der Waals surface area (Å²) in [6, 6.07) is 1.87. The first-order chi connectivity index (χ1) is 9.58. The Labute approximate surface area is 118 Å². The lowest BCUT2D eigenvalue weighted by molar-refractivity contribution is 0.306. The van der Waals surface area contributed by atoms with Crippen LogP contribution in [0.25, 0.3) is 16.3 Å². The molecular formula is C16H18N2O2. The van der Waals surface area contributed by atoms with Crippen LogP contribution in [-0.4, -0.2) is 16.7 Å². The van der Waals surface area contributed by atoms with Crippen molar-refractivity contribution in [2.75, 3.05) is 7.11 Å². The highest BCUT2D eigenvalue weighted by Gasteiger charge is 2.08. The maximum absolute atomic E-state index is 12.1. The molecule has 0 aliphatic carbocycles. The molecule has 0 N–H and O–H groups in total. The molecule has 2 aromatic rings. The number of aromatic nitrogens is 2. The molecule has 4 heteroatoms. The van der Waals surface area contributed by atoms with Gasteiger partial charge in [0.05, 0.1) is 12.5 Å². The molecule has 0 aromatic carbocycles. The average molecular weight is 270 g/mol. The van der Waals surface area contributed by atoms with Gasteiger partial charge in [-0.15, -0.1) is 0 Å². The van der Waals surface area contributed by atoms with Gasteiger partial charge in [0, 0.05) is 31.2 Å². The largest absolute Gasteiger partial charge is 0.497 e. The Hall–Kier alpha value is -2.36. The fourth-order valence-electron chi connectivity index (χ4n) is 2.18. The third-order valence-electron chi connectivity index (χ3n) is 3.29. The van der Waals surface area contributed by atoms with Crippen LogP contribution in [0.2, 0.25) is 0 Å². The van der Waals surface area contributed by atoms with Crippen LogP contribution in [0.5, 0.6) is 0 Å². The van der Waals surface area contributed by atoms with Gasteiger partial charge in [0.15, 0.2) is 0 Å². The number of methoxy groups -OCH3 is 1. The van der Waals surface area contributed by atoms with Crippen molar-refractivity contribution in [3.8, 4) is 0 Å². The molecule has 4 nitrogen and oxygen atoms in total. The third-order valence-corrected chi connectivity index (χ3v) is 3.29. The molecule has 104 valence electrons. The molecule has 0 spiro atoms. The fraction of sp³-hybridized carbons (Fsp3) is 0.250. The van der Waals surface area contributed by atoms with E-state index in [-0.39, 0.29) is 5.56 Å². The van der Waals surface area contributed by atoms with Crippen LogP contribution in [0.3, 0.4) is 0 Å². The zero-order valence-electron chi connectivity index (χ0n) is 12.2. The van der Waals surface area contributed by atoms with Crippen LogP contribution in [0.15, 0.2) is 47.4 Å². The van der Waals surface area contributed by atoms with Crippen molar-refractivity contribution < 1.29 is 4.74 Å². The Morgan fingerprint density at radius 2 is 2.15 bits per heavy atom. The second-order valence-electron chi connectivity index (χ2n) is 4.60. The second-order valence-corrected chi connectivity index (χ2v) is 4.60. The van der Waals surface area contributed by atoms with Crippen LogP contribution >= 0.6 is 0 Å². The molecule has 2 heterocycles. The summed E-state index contributed by atoms with van der Waals surface area (Å²) in [5, 5.41) is 1.53. The van der Waals surface area contributed by atoms with E-state index in [1.54, 1.807) is 31.1 Å². The average Bonchev–Trinajstić information content (AvgIpc) is 2.48. The van der Waals surface area contributed by atoms with E-state index in [1.165, 1.54) is 0 Å².